The smallest absolute Gasteiger partial charge is 0.347 e. The van der Waals surface area contributed by atoms with Crippen LogP contribution in [0.15, 0.2) is 30.5 Å². The van der Waals surface area contributed by atoms with Gasteiger partial charge < -0.3 is 15.2 Å². The van der Waals surface area contributed by atoms with Gasteiger partial charge in [0.05, 0.1) is 18.2 Å². The molecule has 0 bridgehead atoms. The number of ether oxygens (including phenoxy) is 1. The zero-order valence-electron chi connectivity index (χ0n) is 12.5. The molecule has 1 aromatic heterocycles. The summed E-state index contributed by atoms with van der Waals surface area (Å²) in [5.41, 5.74) is 1.02. The van der Waals surface area contributed by atoms with Gasteiger partial charge in [0.2, 0.25) is 5.91 Å². The molecule has 0 radical (unpaired) electrons. The van der Waals surface area contributed by atoms with Gasteiger partial charge in [-0.2, -0.15) is 0 Å². The van der Waals surface area contributed by atoms with E-state index in [0.717, 1.165) is 22.6 Å². The fraction of sp³-hybridized carbons (Fsp3) is 0.312. The maximum Gasteiger partial charge on any atom is 0.347 e. The minimum absolute atomic E-state index is 0.112. The molecule has 0 spiro atoms. The number of aromatic carboxylic acids is 1. The van der Waals surface area contributed by atoms with Crippen LogP contribution in [0.2, 0.25) is 0 Å². The third-order valence-corrected chi connectivity index (χ3v) is 4.88. The fourth-order valence-electron chi connectivity index (χ4n) is 2.48. The maximum absolute atomic E-state index is 12.4. The van der Waals surface area contributed by atoms with Gasteiger partial charge in [-0.25, -0.2) is 9.78 Å². The Morgan fingerprint density at radius 1 is 1.43 bits per heavy atom. The Labute approximate surface area is 137 Å². The molecule has 0 saturated carbocycles. The number of thiazole rings is 1. The highest BCUT2D eigenvalue weighted by Gasteiger charge is 2.27. The summed E-state index contributed by atoms with van der Waals surface area (Å²) in [4.78, 5) is 27.5. The van der Waals surface area contributed by atoms with Crippen molar-refractivity contribution < 1.29 is 19.4 Å². The number of nitrogens with one attached hydrogen (secondary N) is 1. The van der Waals surface area contributed by atoms with Crippen molar-refractivity contribution in [1.29, 1.82) is 0 Å². The van der Waals surface area contributed by atoms with Gasteiger partial charge in [-0.15, -0.1) is 11.3 Å². The minimum atomic E-state index is -1.01. The monoisotopic (exact) mass is 332 g/mol. The Hall–Kier alpha value is -2.41. The Kier molecular flexibility index (Phi) is 4.29. The number of benzene rings is 1. The third-order valence-electron chi connectivity index (χ3n) is 3.71. The molecular weight excluding hydrogens is 316 g/mol. The Morgan fingerprint density at radius 3 is 2.96 bits per heavy atom. The van der Waals surface area contributed by atoms with Crippen LogP contribution < -0.4 is 10.1 Å². The summed E-state index contributed by atoms with van der Waals surface area (Å²) in [5.74, 6) is -0.550. The molecule has 0 saturated heterocycles. The van der Waals surface area contributed by atoms with Crippen molar-refractivity contribution in [2.24, 2.45) is 5.92 Å². The van der Waals surface area contributed by atoms with Crippen LogP contribution in [0, 0.1) is 5.92 Å². The molecule has 2 aromatic rings. The van der Waals surface area contributed by atoms with Crippen molar-refractivity contribution in [3.63, 3.8) is 0 Å². The Morgan fingerprint density at radius 2 is 2.22 bits per heavy atom. The third kappa shape index (κ3) is 3.34. The van der Waals surface area contributed by atoms with Crippen LogP contribution in [-0.2, 0) is 11.2 Å². The topological polar surface area (TPSA) is 88.5 Å². The number of fused-ring (bicyclic) bond motifs is 1. The summed E-state index contributed by atoms with van der Waals surface area (Å²) < 4.78 is 5.63. The van der Waals surface area contributed by atoms with Gasteiger partial charge in [-0.05, 0) is 25.0 Å². The summed E-state index contributed by atoms with van der Waals surface area (Å²) >= 11 is 1.07. The average molecular weight is 332 g/mol. The van der Waals surface area contributed by atoms with E-state index < -0.39 is 5.97 Å². The number of hydrogen-bond donors (Lipinski definition) is 2. The molecule has 6 nitrogen and oxygen atoms in total. The molecule has 2 atom stereocenters. The maximum atomic E-state index is 12.4. The highest BCUT2D eigenvalue weighted by atomic mass is 32.1. The van der Waals surface area contributed by atoms with Gasteiger partial charge in [0.25, 0.3) is 0 Å². The lowest BCUT2D eigenvalue weighted by Gasteiger charge is -2.25. The number of aromatic nitrogens is 1. The number of carboxylic acids is 1. The standard InChI is InChI=1S/C16H16N2O4S/c1-9(15-17-7-13(23-15)16(20)21)18-14(19)11-6-10-4-2-3-5-12(10)22-8-11/h2-5,7,9,11H,6,8H2,1H3,(H,18,19)(H,20,21). The molecule has 2 heterocycles. The molecule has 2 unspecified atom stereocenters. The van der Waals surface area contributed by atoms with E-state index in [4.69, 9.17) is 9.84 Å². The van der Waals surface area contributed by atoms with Crippen LogP contribution >= 0.6 is 11.3 Å². The average Bonchev–Trinajstić information content (AvgIpc) is 3.04. The first-order chi connectivity index (χ1) is 11.0. The fourth-order valence-corrected chi connectivity index (χ4v) is 3.24. The summed E-state index contributed by atoms with van der Waals surface area (Å²) in [5, 5.41) is 12.4. The van der Waals surface area contributed by atoms with Crippen molar-refractivity contribution in [3.05, 3.63) is 45.9 Å². The lowest BCUT2D eigenvalue weighted by Crippen LogP contribution is -2.38. The predicted octanol–water partition coefficient (Wildman–Crippen LogP) is 2.27. The molecule has 7 heteroatoms. The quantitative estimate of drug-likeness (QED) is 0.896. The molecule has 23 heavy (non-hydrogen) atoms. The summed E-state index contributed by atoms with van der Waals surface area (Å²) in [6.45, 7) is 2.13. The highest BCUT2D eigenvalue weighted by molar-refractivity contribution is 7.13. The molecule has 0 fully saturated rings. The van der Waals surface area contributed by atoms with Gasteiger partial charge in [-0.1, -0.05) is 18.2 Å². The molecule has 1 aromatic carbocycles. The van der Waals surface area contributed by atoms with E-state index in [9.17, 15) is 9.59 Å². The molecule has 1 aliphatic heterocycles. The second kappa shape index (κ2) is 6.37. The number of nitrogens with zero attached hydrogens (tertiary/aromatic N) is 1. The van der Waals surface area contributed by atoms with Crippen LogP contribution in [0.4, 0.5) is 0 Å². The minimum Gasteiger partial charge on any atom is -0.492 e. The normalized spacial score (nSPS) is 17.7. The van der Waals surface area contributed by atoms with Crippen LogP contribution in [0.5, 0.6) is 5.75 Å². The lowest BCUT2D eigenvalue weighted by molar-refractivity contribution is -0.126. The number of rotatable bonds is 4. The van der Waals surface area contributed by atoms with Crippen molar-refractivity contribution in [3.8, 4) is 5.75 Å². The summed E-state index contributed by atoms with van der Waals surface area (Å²) in [6.07, 6.45) is 1.94. The number of para-hydroxylation sites is 1. The predicted molar refractivity (Wildman–Crippen MR) is 84.8 cm³/mol. The van der Waals surface area contributed by atoms with Gasteiger partial charge in [-0.3, -0.25) is 4.79 Å². The van der Waals surface area contributed by atoms with Crippen molar-refractivity contribution in [2.45, 2.75) is 19.4 Å². The molecule has 1 amide bonds. The molecule has 1 aliphatic rings. The molecule has 3 rings (SSSR count). The van der Waals surface area contributed by atoms with E-state index in [1.54, 1.807) is 6.92 Å². The Balaban J connectivity index is 1.64. The first-order valence-electron chi connectivity index (χ1n) is 7.24. The van der Waals surface area contributed by atoms with E-state index in [1.807, 2.05) is 24.3 Å². The van der Waals surface area contributed by atoms with Crippen LogP contribution in [0.1, 0.15) is 33.2 Å². The van der Waals surface area contributed by atoms with Gasteiger partial charge in [0, 0.05) is 0 Å². The zero-order valence-corrected chi connectivity index (χ0v) is 13.3. The second-order valence-corrected chi connectivity index (χ2v) is 6.48. The number of hydrogen-bond acceptors (Lipinski definition) is 5. The van der Waals surface area contributed by atoms with Gasteiger partial charge >= 0.3 is 5.97 Å². The molecule has 120 valence electrons. The van der Waals surface area contributed by atoms with E-state index in [1.165, 1.54) is 6.20 Å². The number of carbonyl (C=O) groups excluding carboxylic acids is 1. The van der Waals surface area contributed by atoms with E-state index in [0.29, 0.717) is 18.0 Å². The van der Waals surface area contributed by atoms with E-state index in [2.05, 4.69) is 10.3 Å². The number of carbonyl (C=O) groups is 2. The second-order valence-electron chi connectivity index (χ2n) is 5.42. The first-order valence-corrected chi connectivity index (χ1v) is 8.06. The van der Waals surface area contributed by atoms with Crippen LogP contribution in [0.25, 0.3) is 0 Å². The largest absolute Gasteiger partial charge is 0.492 e. The van der Waals surface area contributed by atoms with E-state index >= 15 is 0 Å². The highest BCUT2D eigenvalue weighted by Crippen LogP contribution is 2.27. The van der Waals surface area contributed by atoms with Gasteiger partial charge in [0.1, 0.15) is 22.2 Å². The van der Waals surface area contributed by atoms with Gasteiger partial charge in [0.15, 0.2) is 0 Å². The lowest BCUT2D eigenvalue weighted by atomic mass is 9.96. The molecule has 2 N–H and O–H groups in total. The van der Waals surface area contributed by atoms with Crippen LogP contribution in [0.3, 0.4) is 0 Å². The van der Waals surface area contributed by atoms with Crippen molar-refractivity contribution >= 4 is 23.2 Å². The number of amides is 1. The first kappa shape index (κ1) is 15.5. The molecule has 0 aliphatic carbocycles. The zero-order chi connectivity index (χ0) is 16.4. The van der Waals surface area contributed by atoms with Crippen molar-refractivity contribution in [1.82, 2.24) is 10.3 Å². The van der Waals surface area contributed by atoms with Crippen LogP contribution in [-0.4, -0.2) is 28.6 Å². The van der Waals surface area contributed by atoms with E-state index in [-0.39, 0.29) is 22.7 Å². The summed E-state index contributed by atoms with van der Waals surface area (Å²) in [7, 11) is 0. The molecular formula is C16H16N2O4S. The summed E-state index contributed by atoms with van der Waals surface area (Å²) in [6, 6.07) is 7.35. The Bertz CT molecular complexity index is 743. The SMILES string of the molecule is CC(NC(=O)C1COc2ccccc2C1)c1ncc(C(=O)O)s1. The number of carboxylic acid groups (broad SMARTS) is 1. The van der Waals surface area contributed by atoms with Crippen molar-refractivity contribution in [2.75, 3.05) is 6.61 Å².